The maximum Gasteiger partial charge on any atom is 0.317 e. The van der Waals surface area contributed by atoms with E-state index in [1.807, 2.05) is 24.9 Å². The van der Waals surface area contributed by atoms with Crippen LogP contribution in [0.3, 0.4) is 0 Å². The highest BCUT2D eigenvalue weighted by molar-refractivity contribution is 7.15. The molecule has 0 radical (unpaired) electrons. The molecule has 1 aromatic carbocycles. The number of carbonyl (C=O) groups is 1. The number of aliphatic carboxylic acids is 1. The van der Waals surface area contributed by atoms with Crippen molar-refractivity contribution in [3.8, 4) is 10.6 Å². The second-order valence-electron chi connectivity index (χ2n) is 6.30. The molecule has 0 fully saturated rings. The summed E-state index contributed by atoms with van der Waals surface area (Å²) in [6.45, 7) is 9.05. The Kier molecular flexibility index (Phi) is 5.91. The first kappa shape index (κ1) is 17.6. The van der Waals surface area contributed by atoms with Crippen molar-refractivity contribution in [1.29, 1.82) is 0 Å². The van der Waals surface area contributed by atoms with Gasteiger partial charge in [0.2, 0.25) is 0 Å². The molecule has 0 aliphatic rings. The lowest BCUT2D eigenvalue weighted by Crippen LogP contribution is -2.34. The fraction of sp³-hybridized carbons (Fsp3) is 0.444. The van der Waals surface area contributed by atoms with Gasteiger partial charge in [-0.1, -0.05) is 38.1 Å². The van der Waals surface area contributed by atoms with E-state index in [9.17, 15) is 4.79 Å². The summed E-state index contributed by atoms with van der Waals surface area (Å²) in [5.41, 5.74) is 2.43. The molecular weight excluding hydrogens is 308 g/mol. The number of benzene rings is 1. The number of nitrogens with zero attached hydrogens (tertiary/aromatic N) is 2. The number of aromatic nitrogens is 1. The third-order valence-corrected chi connectivity index (χ3v) is 4.84. The van der Waals surface area contributed by atoms with Crippen molar-refractivity contribution >= 4 is 17.3 Å². The summed E-state index contributed by atoms with van der Waals surface area (Å²) in [6.07, 6.45) is 1.85. The number of hydrogen-bond acceptors (Lipinski definition) is 4. The van der Waals surface area contributed by atoms with Crippen LogP contribution in [0, 0.1) is 0 Å². The molecule has 0 saturated carbocycles. The van der Waals surface area contributed by atoms with E-state index in [0.29, 0.717) is 12.5 Å². The van der Waals surface area contributed by atoms with Crippen LogP contribution in [0.5, 0.6) is 0 Å². The van der Waals surface area contributed by atoms with Crippen LogP contribution in [-0.4, -0.2) is 33.5 Å². The summed E-state index contributed by atoms with van der Waals surface area (Å²) in [7, 11) is 0. The minimum absolute atomic E-state index is 0.0496. The van der Waals surface area contributed by atoms with Gasteiger partial charge in [0, 0.05) is 29.2 Å². The summed E-state index contributed by atoms with van der Waals surface area (Å²) in [6, 6.07) is 8.69. The molecule has 2 rings (SSSR count). The Hall–Kier alpha value is -1.72. The lowest BCUT2D eigenvalue weighted by Gasteiger charge is -2.23. The van der Waals surface area contributed by atoms with Gasteiger partial charge in [-0.2, -0.15) is 0 Å². The van der Waals surface area contributed by atoms with Gasteiger partial charge in [-0.25, -0.2) is 4.98 Å². The zero-order valence-electron chi connectivity index (χ0n) is 14.1. The van der Waals surface area contributed by atoms with Crippen LogP contribution in [0.15, 0.2) is 30.5 Å². The maximum absolute atomic E-state index is 11.0. The molecule has 0 aliphatic carbocycles. The molecule has 0 saturated heterocycles. The largest absolute Gasteiger partial charge is 0.480 e. The van der Waals surface area contributed by atoms with Gasteiger partial charge in [0.15, 0.2) is 0 Å². The highest BCUT2D eigenvalue weighted by atomic mass is 32.1. The van der Waals surface area contributed by atoms with Crippen LogP contribution in [0.25, 0.3) is 10.6 Å². The summed E-state index contributed by atoms with van der Waals surface area (Å²) in [4.78, 5) is 18.5. The molecule has 0 aliphatic heterocycles. The van der Waals surface area contributed by atoms with E-state index in [1.165, 1.54) is 5.56 Å². The molecular formula is C18H24N2O2S. The number of rotatable bonds is 7. The molecule has 0 bridgehead atoms. The highest BCUT2D eigenvalue weighted by Crippen LogP contribution is 2.27. The fourth-order valence-electron chi connectivity index (χ4n) is 2.32. The van der Waals surface area contributed by atoms with Crippen molar-refractivity contribution < 1.29 is 9.90 Å². The average Bonchev–Trinajstić information content (AvgIpc) is 2.94. The van der Waals surface area contributed by atoms with Crippen LogP contribution in [0.1, 0.15) is 44.1 Å². The molecule has 0 spiro atoms. The summed E-state index contributed by atoms with van der Waals surface area (Å²) < 4.78 is 0. The molecule has 1 aromatic heterocycles. The second kappa shape index (κ2) is 7.70. The predicted octanol–water partition coefficient (Wildman–Crippen LogP) is 4.23. The van der Waals surface area contributed by atoms with E-state index < -0.39 is 5.97 Å². The Morgan fingerprint density at radius 2 is 1.87 bits per heavy atom. The number of hydrogen-bond donors (Lipinski definition) is 1. The van der Waals surface area contributed by atoms with E-state index in [0.717, 1.165) is 15.4 Å². The summed E-state index contributed by atoms with van der Waals surface area (Å²) in [5.74, 6) is -0.278. The van der Waals surface area contributed by atoms with Crippen molar-refractivity contribution in [2.45, 2.75) is 46.2 Å². The SMILES string of the molecule is CC(C)c1ccc(-c2ncc(CN(CC(=O)O)C(C)C)s2)cc1. The monoisotopic (exact) mass is 332 g/mol. The summed E-state index contributed by atoms with van der Waals surface area (Å²) in [5, 5.41) is 9.99. The van der Waals surface area contributed by atoms with Crippen molar-refractivity contribution in [1.82, 2.24) is 9.88 Å². The minimum atomic E-state index is -0.798. The third-order valence-electron chi connectivity index (χ3n) is 3.81. The van der Waals surface area contributed by atoms with Gasteiger partial charge in [-0.3, -0.25) is 9.69 Å². The van der Waals surface area contributed by atoms with Crippen LogP contribution < -0.4 is 0 Å². The molecule has 0 unspecified atom stereocenters. The lowest BCUT2D eigenvalue weighted by molar-refractivity contribution is -0.138. The topological polar surface area (TPSA) is 53.4 Å². The van der Waals surface area contributed by atoms with Gasteiger partial charge in [-0.05, 0) is 25.3 Å². The fourth-order valence-corrected chi connectivity index (χ4v) is 3.26. The van der Waals surface area contributed by atoms with Crippen LogP contribution in [0.2, 0.25) is 0 Å². The van der Waals surface area contributed by atoms with Crippen molar-refractivity contribution in [2.75, 3.05) is 6.54 Å². The summed E-state index contributed by atoms with van der Waals surface area (Å²) >= 11 is 1.63. The zero-order chi connectivity index (χ0) is 17.0. The maximum atomic E-state index is 11.0. The quantitative estimate of drug-likeness (QED) is 0.824. The van der Waals surface area contributed by atoms with Crippen LogP contribution in [-0.2, 0) is 11.3 Å². The van der Waals surface area contributed by atoms with Gasteiger partial charge in [-0.15, -0.1) is 11.3 Å². The van der Waals surface area contributed by atoms with Crippen LogP contribution in [0.4, 0.5) is 0 Å². The van der Waals surface area contributed by atoms with E-state index in [4.69, 9.17) is 5.11 Å². The second-order valence-corrected chi connectivity index (χ2v) is 7.42. The smallest absolute Gasteiger partial charge is 0.317 e. The Morgan fingerprint density at radius 3 is 2.39 bits per heavy atom. The van der Waals surface area contributed by atoms with Crippen molar-refractivity contribution in [3.05, 3.63) is 40.9 Å². The van der Waals surface area contributed by atoms with E-state index in [1.54, 1.807) is 11.3 Å². The van der Waals surface area contributed by atoms with Gasteiger partial charge in [0.05, 0.1) is 6.54 Å². The molecule has 1 heterocycles. The van der Waals surface area contributed by atoms with Gasteiger partial charge in [0.25, 0.3) is 0 Å². The first-order valence-electron chi connectivity index (χ1n) is 7.87. The van der Waals surface area contributed by atoms with Crippen LogP contribution >= 0.6 is 11.3 Å². The first-order valence-corrected chi connectivity index (χ1v) is 8.69. The molecule has 124 valence electrons. The van der Waals surface area contributed by atoms with E-state index in [2.05, 4.69) is 43.1 Å². The zero-order valence-corrected chi connectivity index (χ0v) is 14.9. The third kappa shape index (κ3) is 4.88. The Morgan fingerprint density at radius 1 is 1.22 bits per heavy atom. The molecule has 0 amide bonds. The molecule has 5 heteroatoms. The standard InChI is InChI=1S/C18H24N2O2S/c1-12(2)14-5-7-15(8-6-14)18-19-9-16(23-18)10-20(13(3)4)11-17(21)22/h5-9,12-13H,10-11H2,1-4H3,(H,21,22). The van der Waals surface area contributed by atoms with E-state index in [-0.39, 0.29) is 12.6 Å². The van der Waals surface area contributed by atoms with E-state index >= 15 is 0 Å². The molecule has 23 heavy (non-hydrogen) atoms. The normalized spacial score (nSPS) is 11.6. The Labute approximate surface area is 141 Å². The molecule has 0 atom stereocenters. The van der Waals surface area contributed by atoms with Gasteiger partial charge < -0.3 is 5.11 Å². The van der Waals surface area contributed by atoms with Crippen molar-refractivity contribution in [3.63, 3.8) is 0 Å². The molecule has 1 N–H and O–H groups in total. The highest BCUT2D eigenvalue weighted by Gasteiger charge is 2.15. The number of thiazole rings is 1. The Bertz CT molecular complexity index is 647. The molecule has 4 nitrogen and oxygen atoms in total. The number of carboxylic acids is 1. The Balaban J connectivity index is 2.11. The van der Waals surface area contributed by atoms with Crippen molar-refractivity contribution in [2.24, 2.45) is 0 Å². The number of carboxylic acid groups (broad SMARTS) is 1. The first-order chi connectivity index (χ1) is 10.9. The average molecular weight is 332 g/mol. The lowest BCUT2D eigenvalue weighted by atomic mass is 10.0. The van der Waals surface area contributed by atoms with Gasteiger partial charge >= 0.3 is 5.97 Å². The molecule has 2 aromatic rings. The van der Waals surface area contributed by atoms with Gasteiger partial charge in [0.1, 0.15) is 5.01 Å². The predicted molar refractivity (Wildman–Crippen MR) is 94.8 cm³/mol. The minimum Gasteiger partial charge on any atom is -0.480 e.